The summed E-state index contributed by atoms with van der Waals surface area (Å²) in [5.74, 6) is 0.280. The lowest BCUT2D eigenvalue weighted by Crippen LogP contribution is -2.62. The fraction of sp³-hybridized carbons (Fsp3) is 0.636. The zero-order valence-corrected chi connectivity index (χ0v) is 17.7. The first-order chi connectivity index (χ1) is 13.1. The fourth-order valence-electron chi connectivity index (χ4n) is 4.71. The molecule has 6 nitrogen and oxygen atoms in total. The number of piperidine rings is 1. The van der Waals surface area contributed by atoms with Crippen molar-refractivity contribution in [2.45, 2.75) is 77.4 Å². The molecular formula is C22H33N3O3. The molecule has 0 atom stereocenters. The Bertz CT molecular complexity index is 741. The van der Waals surface area contributed by atoms with Crippen LogP contribution in [-0.2, 0) is 4.79 Å². The highest BCUT2D eigenvalue weighted by molar-refractivity contribution is 6.03. The van der Waals surface area contributed by atoms with Crippen LogP contribution in [0.15, 0.2) is 18.2 Å². The zero-order chi connectivity index (χ0) is 20.5. The number of carbonyl (C=O) groups is 2. The molecule has 0 unspecified atom stereocenters. The second kappa shape index (κ2) is 7.74. The minimum atomic E-state index is -0.193. The molecule has 154 valence electrons. The van der Waals surface area contributed by atoms with Crippen molar-refractivity contribution in [3.8, 4) is 5.75 Å². The molecule has 1 aromatic rings. The van der Waals surface area contributed by atoms with Crippen LogP contribution >= 0.6 is 0 Å². The van der Waals surface area contributed by atoms with E-state index < -0.39 is 0 Å². The highest BCUT2D eigenvalue weighted by Crippen LogP contribution is 2.36. The highest BCUT2D eigenvalue weighted by atomic mass is 16.5. The summed E-state index contributed by atoms with van der Waals surface area (Å²) >= 11 is 0. The number of unbranched alkanes of at least 4 members (excludes halogenated alkanes) is 1. The van der Waals surface area contributed by atoms with Gasteiger partial charge in [0.1, 0.15) is 0 Å². The maximum Gasteiger partial charge on any atom is 0.262 e. The summed E-state index contributed by atoms with van der Waals surface area (Å²) in [6, 6.07) is 5.53. The van der Waals surface area contributed by atoms with Gasteiger partial charge in [-0.3, -0.25) is 9.59 Å². The lowest BCUT2D eigenvalue weighted by atomic mass is 9.78. The van der Waals surface area contributed by atoms with Crippen molar-refractivity contribution in [1.29, 1.82) is 0 Å². The molecule has 1 fully saturated rings. The van der Waals surface area contributed by atoms with Crippen LogP contribution in [0.25, 0.3) is 0 Å². The van der Waals surface area contributed by atoms with Crippen LogP contribution in [0.3, 0.4) is 0 Å². The number of para-hydroxylation sites is 1. The molecule has 1 saturated heterocycles. The zero-order valence-electron chi connectivity index (χ0n) is 17.7. The number of nitrogens with zero attached hydrogens (tertiary/aromatic N) is 1. The summed E-state index contributed by atoms with van der Waals surface area (Å²) < 4.78 is 5.64. The number of amides is 2. The predicted octanol–water partition coefficient (Wildman–Crippen LogP) is 3.57. The maximum absolute atomic E-state index is 13.6. The van der Waals surface area contributed by atoms with E-state index in [9.17, 15) is 9.59 Å². The molecule has 0 radical (unpaired) electrons. The lowest BCUT2D eigenvalue weighted by molar-refractivity contribution is -0.118. The number of benzene rings is 1. The fourth-order valence-corrected chi connectivity index (χ4v) is 4.71. The van der Waals surface area contributed by atoms with E-state index in [2.05, 4.69) is 45.3 Å². The molecule has 0 aliphatic carbocycles. The third kappa shape index (κ3) is 4.49. The molecule has 0 aromatic heterocycles. The standard InChI is InChI=1S/C22H33N3O3/c1-6-7-11-25(15-12-21(2,3)24-22(4,5)13-15)20(27)16-9-8-10-17-19(16)28-14-18(26)23-17/h8-10,15,24H,6-7,11-14H2,1-5H3,(H,23,26). The molecule has 2 N–H and O–H groups in total. The minimum Gasteiger partial charge on any atom is -0.481 e. The molecule has 6 heteroatoms. The molecule has 2 aliphatic heterocycles. The van der Waals surface area contributed by atoms with Crippen LogP contribution < -0.4 is 15.4 Å². The van der Waals surface area contributed by atoms with Gasteiger partial charge in [-0.25, -0.2) is 0 Å². The molecule has 2 heterocycles. The quantitative estimate of drug-likeness (QED) is 0.810. The van der Waals surface area contributed by atoms with E-state index in [0.717, 1.165) is 32.2 Å². The first-order valence-electron chi connectivity index (χ1n) is 10.3. The van der Waals surface area contributed by atoms with E-state index in [1.807, 2.05) is 4.90 Å². The van der Waals surface area contributed by atoms with Gasteiger partial charge in [0, 0.05) is 23.7 Å². The number of hydrogen-bond acceptors (Lipinski definition) is 4. The Labute approximate surface area is 168 Å². The average Bonchev–Trinajstić information content (AvgIpc) is 2.58. The average molecular weight is 388 g/mol. The van der Waals surface area contributed by atoms with E-state index >= 15 is 0 Å². The normalized spacial score (nSPS) is 20.7. The van der Waals surface area contributed by atoms with Gasteiger partial charge in [-0.2, -0.15) is 0 Å². The SMILES string of the molecule is CCCCN(C(=O)c1cccc2c1OCC(=O)N2)C1CC(C)(C)NC(C)(C)C1. The van der Waals surface area contributed by atoms with Crippen molar-refractivity contribution in [2.24, 2.45) is 0 Å². The van der Waals surface area contributed by atoms with Gasteiger partial charge in [0.15, 0.2) is 12.4 Å². The Morgan fingerprint density at radius 3 is 2.54 bits per heavy atom. The van der Waals surface area contributed by atoms with E-state index in [-0.39, 0.29) is 35.5 Å². The van der Waals surface area contributed by atoms with Gasteiger partial charge in [0.25, 0.3) is 11.8 Å². The molecule has 28 heavy (non-hydrogen) atoms. The number of nitrogens with one attached hydrogen (secondary N) is 2. The maximum atomic E-state index is 13.6. The summed E-state index contributed by atoms with van der Waals surface area (Å²) in [7, 11) is 0. The van der Waals surface area contributed by atoms with E-state index in [1.165, 1.54) is 0 Å². The monoisotopic (exact) mass is 387 g/mol. The first-order valence-corrected chi connectivity index (χ1v) is 10.3. The number of fused-ring (bicyclic) bond motifs is 1. The van der Waals surface area contributed by atoms with Crippen LogP contribution in [-0.4, -0.2) is 47.0 Å². The topological polar surface area (TPSA) is 70.7 Å². The molecule has 3 rings (SSSR count). The van der Waals surface area contributed by atoms with Crippen molar-refractivity contribution < 1.29 is 14.3 Å². The van der Waals surface area contributed by atoms with E-state index in [4.69, 9.17) is 4.74 Å². The van der Waals surface area contributed by atoms with Crippen molar-refractivity contribution in [3.63, 3.8) is 0 Å². The Kier molecular flexibility index (Phi) is 5.71. The van der Waals surface area contributed by atoms with Crippen molar-refractivity contribution in [1.82, 2.24) is 10.2 Å². The van der Waals surface area contributed by atoms with Gasteiger partial charge in [-0.15, -0.1) is 0 Å². The van der Waals surface area contributed by atoms with Crippen molar-refractivity contribution in [3.05, 3.63) is 23.8 Å². The number of anilines is 1. The van der Waals surface area contributed by atoms with Gasteiger partial charge in [0.05, 0.1) is 11.3 Å². The predicted molar refractivity (Wildman–Crippen MR) is 111 cm³/mol. The Balaban J connectivity index is 1.93. The van der Waals surface area contributed by atoms with Crippen LogP contribution in [0.5, 0.6) is 5.75 Å². The molecule has 0 saturated carbocycles. The third-order valence-electron chi connectivity index (χ3n) is 5.49. The van der Waals surface area contributed by atoms with Gasteiger partial charge in [-0.1, -0.05) is 19.4 Å². The molecule has 2 amide bonds. The molecule has 2 aliphatic rings. The van der Waals surface area contributed by atoms with Crippen molar-refractivity contribution >= 4 is 17.5 Å². The molecule has 0 spiro atoms. The van der Waals surface area contributed by atoms with Crippen LogP contribution in [0.1, 0.15) is 70.7 Å². The first kappa shape index (κ1) is 20.6. The van der Waals surface area contributed by atoms with E-state index in [1.54, 1.807) is 18.2 Å². The number of rotatable bonds is 5. The van der Waals surface area contributed by atoms with Gasteiger partial charge in [-0.05, 0) is 59.1 Å². The summed E-state index contributed by atoms with van der Waals surface area (Å²) in [5.41, 5.74) is 1.02. The molecule has 1 aromatic carbocycles. The largest absolute Gasteiger partial charge is 0.481 e. The smallest absolute Gasteiger partial charge is 0.262 e. The van der Waals surface area contributed by atoms with Crippen LogP contribution in [0.4, 0.5) is 5.69 Å². The number of ether oxygens (including phenoxy) is 1. The van der Waals surface area contributed by atoms with Crippen molar-refractivity contribution in [2.75, 3.05) is 18.5 Å². The Hall–Kier alpha value is -2.08. The molecule has 0 bridgehead atoms. The van der Waals surface area contributed by atoms with Crippen LogP contribution in [0.2, 0.25) is 0 Å². The second-order valence-electron chi connectivity index (χ2n) is 9.33. The summed E-state index contributed by atoms with van der Waals surface area (Å²) in [4.78, 5) is 27.3. The number of carbonyl (C=O) groups excluding carboxylic acids is 2. The van der Waals surface area contributed by atoms with E-state index in [0.29, 0.717) is 17.0 Å². The summed E-state index contributed by atoms with van der Waals surface area (Å²) in [6.07, 6.45) is 3.79. The Morgan fingerprint density at radius 1 is 1.21 bits per heavy atom. The third-order valence-corrected chi connectivity index (χ3v) is 5.49. The van der Waals surface area contributed by atoms with Gasteiger partial charge in [0.2, 0.25) is 0 Å². The molecular weight excluding hydrogens is 354 g/mol. The Morgan fingerprint density at radius 2 is 1.89 bits per heavy atom. The van der Waals surface area contributed by atoms with Crippen LogP contribution in [0, 0.1) is 0 Å². The van der Waals surface area contributed by atoms with Gasteiger partial charge < -0.3 is 20.3 Å². The highest BCUT2D eigenvalue weighted by Gasteiger charge is 2.41. The number of hydrogen-bond donors (Lipinski definition) is 2. The summed E-state index contributed by atoms with van der Waals surface area (Å²) in [6.45, 7) is 11.6. The summed E-state index contributed by atoms with van der Waals surface area (Å²) in [5, 5.41) is 6.49. The second-order valence-corrected chi connectivity index (χ2v) is 9.33. The minimum absolute atomic E-state index is 0.0139. The lowest BCUT2D eigenvalue weighted by Gasteiger charge is -2.49. The van der Waals surface area contributed by atoms with Gasteiger partial charge >= 0.3 is 0 Å².